The molecule has 0 aromatic heterocycles. The molecule has 0 aromatic rings. The average Bonchev–Trinajstić information content (AvgIpc) is 3.00. The second-order valence-corrected chi connectivity index (χ2v) is 13.2. The number of hydrogen-bond acceptors (Lipinski definition) is 6. The summed E-state index contributed by atoms with van der Waals surface area (Å²) in [6.07, 6.45) is 28.6. The first-order chi connectivity index (χ1) is 21.5. The van der Waals surface area contributed by atoms with E-state index in [0.29, 0.717) is 19.4 Å². The first kappa shape index (κ1) is 42.9. The molecule has 6 nitrogen and oxygen atoms in total. The van der Waals surface area contributed by atoms with Crippen molar-refractivity contribution in [3.63, 3.8) is 0 Å². The van der Waals surface area contributed by atoms with Gasteiger partial charge >= 0.3 is 11.9 Å². The maximum atomic E-state index is 12.5. The number of rotatable bonds is 34. The lowest BCUT2D eigenvalue weighted by atomic mass is 10.0. The van der Waals surface area contributed by atoms with Crippen LogP contribution in [0.4, 0.5) is 0 Å². The van der Waals surface area contributed by atoms with E-state index in [0.717, 1.165) is 96.6 Å². The van der Waals surface area contributed by atoms with E-state index in [1.807, 2.05) is 6.92 Å². The van der Waals surface area contributed by atoms with E-state index in [1.54, 1.807) is 0 Å². The summed E-state index contributed by atoms with van der Waals surface area (Å²) in [6, 6.07) is 0. The highest BCUT2D eigenvalue weighted by Gasteiger charge is 2.14. The summed E-state index contributed by atoms with van der Waals surface area (Å²) < 4.78 is 11.5. The van der Waals surface area contributed by atoms with Gasteiger partial charge in [0.1, 0.15) is 6.10 Å². The standard InChI is InChI=1S/C38H75NO5/c1-5-8-11-13-15-20-26-35(4)43-37(41)29-23-18-25-32-39(33-34-40)31-24-17-14-16-22-30-38(42)44-36(27-19-10-7-3)28-21-12-9-6-2/h35-36,40H,5-34H2,1-4H3. The third kappa shape index (κ3) is 29.6. The van der Waals surface area contributed by atoms with Crippen LogP contribution < -0.4 is 0 Å². The summed E-state index contributed by atoms with van der Waals surface area (Å²) >= 11 is 0. The summed E-state index contributed by atoms with van der Waals surface area (Å²) in [7, 11) is 0. The molecule has 0 saturated carbocycles. The van der Waals surface area contributed by atoms with E-state index in [9.17, 15) is 14.7 Å². The molecule has 0 heterocycles. The average molecular weight is 626 g/mol. The Balaban J connectivity index is 3.92. The Morgan fingerprint density at radius 3 is 1.52 bits per heavy atom. The number of esters is 2. The summed E-state index contributed by atoms with van der Waals surface area (Å²) in [4.78, 5) is 27.0. The maximum Gasteiger partial charge on any atom is 0.306 e. The molecule has 262 valence electrons. The normalized spacial score (nSPS) is 12.9. The highest BCUT2D eigenvalue weighted by Crippen LogP contribution is 2.17. The van der Waals surface area contributed by atoms with Crippen LogP contribution in [0.1, 0.15) is 195 Å². The van der Waals surface area contributed by atoms with Gasteiger partial charge < -0.3 is 19.5 Å². The lowest BCUT2D eigenvalue weighted by Gasteiger charge is -2.21. The van der Waals surface area contributed by atoms with E-state index in [1.165, 1.54) is 70.6 Å². The van der Waals surface area contributed by atoms with Crippen LogP contribution in [0.15, 0.2) is 0 Å². The second kappa shape index (κ2) is 33.2. The molecule has 2 atom stereocenters. The smallest absolute Gasteiger partial charge is 0.306 e. The van der Waals surface area contributed by atoms with Gasteiger partial charge in [-0.05, 0) is 84.2 Å². The molecule has 0 aliphatic carbocycles. The number of carbonyl (C=O) groups is 2. The van der Waals surface area contributed by atoms with Crippen molar-refractivity contribution >= 4 is 11.9 Å². The quantitative estimate of drug-likeness (QED) is 0.0566. The molecule has 0 saturated heterocycles. The zero-order valence-corrected chi connectivity index (χ0v) is 29.9. The molecule has 0 bridgehead atoms. The van der Waals surface area contributed by atoms with Gasteiger partial charge in [-0.3, -0.25) is 9.59 Å². The van der Waals surface area contributed by atoms with E-state index < -0.39 is 0 Å². The minimum absolute atomic E-state index is 0.00736. The summed E-state index contributed by atoms with van der Waals surface area (Å²) in [5.74, 6) is -0.0646. The third-order valence-corrected chi connectivity index (χ3v) is 8.73. The van der Waals surface area contributed by atoms with Crippen molar-refractivity contribution in [2.45, 2.75) is 207 Å². The molecule has 44 heavy (non-hydrogen) atoms. The molecule has 6 heteroatoms. The lowest BCUT2D eigenvalue weighted by Crippen LogP contribution is -2.29. The van der Waals surface area contributed by atoms with Gasteiger partial charge in [0.15, 0.2) is 0 Å². The SMILES string of the molecule is CCCCCCCCC(C)OC(=O)CCCCCN(CCO)CCCCCCCC(=O)OC(CCCCC)CCCCCC. The molecule has 0 fully saturated rings. The van der Waals surface area contributed by atoms with Gasteiger partial charge in [-0.1, -0.05) is 111 Å². The Hall–Kier alpha value is -1.14. The van der Waals surface area contributed by atoms with Gasteiger partial charge in [0.05, 0.1) is 12.7 Å². The summed E-state index contributed by atoms with van der Waals surface area (Å²) in [5, 5.41) is 9.48. The van der Waals surface area contributed by atoms with E-state index in [-0.39, 0.29) is 30.8 Å². The highest BCUT2D eigenvalue weighted by atomic mass is 16.5. The number of nitrogens with zero attached hydrogens (tertiary/aromatic N) is 1. The predicted octanol–water partition coefficient (Wildman–Crippen LogP) is 10.3. The molecular weight excluding hydrogens is 550 g/mol. The predicted molar refractivity (Wildman–Crippen MR) is 186 cm³/mol. The van der Waals surface area contributed by atoms with Crippen LogP contribution >= 0.6 is 0 Å². The third-order valence-electron chi connectivity index (χ3n) is 8.73. The number of carbonyl (C=O) groups excluding carboxylic acids is 2. The molecular formula is C38H75NO5. The Bertz CT molecular complexity index is 628. The van der Waals surface area contributed by atoms with Gasteiger partial charge in [0.25, 0.3) is 0 Å². The van der Waals surface area contributed by atoms with Gasteiger partial charge in [-0.2, -0.15) is 0 Å². The summed E-state index contributed by atoms with van der Waals surface area (Å²) in [6.45, 7) is 11.6. The Labute approximate surface area is 273 Å². The van der Waals surface area contributed by atoms with Gasteiger partial charge in [-0.25, -0.2) is 0 Å². The zero-order chi connectivity index (χ0) is 32.5. The number of ether oxygens (including phenoxy) is 2. The minimum Gasteiger partial charge on any atom is -0.463 e. The Morgan fingerprint density at radius 2 is 0.932 bits per heavy atom. The van der Waals surface area contributed by atoms with E-state index >= 15 is 0 Å². The summed E-state index contributed by atoms with van der Waals surface area (Å²) in [5.41, 5.74) is 0. The van der Waals surface area contributed by atoms with Crippen molar-refractivity contribution in [2.75, 3.05) is 26.2 Å². The van der Waals surface area contributed by atoms with Crippen LogP contribution in [0.25, 0.3) is 0 Å². The fourth-order valence-corrected chi connectivity index (χ4v) is 5.88. The van der Waals surface area contributed by atoms with Crippen molar-refractivity contribution in [1.82, 2.24) is 4.90 Å². The van der Waals surface area contributed by atoms with Crippen LogP contribution in [0.5, 0.6) is 0 Å². The molecule has 0 spiro atoms. The van der Waals surface area contributed by atoms with Gasteiger partial charge in [0.2, 0.25) is 0 Å². The van der Waals surface area contributed by atoms with Crippen LogP contribution in [0.2, 0.25) is 0 Å². The Kier molecular flexibility index (Phi) is 32.4. The van der Waals surface area contributed by atoms with Crippen molar-refractivity contribution < 1.29 is 24.2 Å². The topological polar surface area (TPSA) is 76.1 Å². The number of unbranched alkanes of at least 4 members (excludes halogenated alkanes) is 16. The first-order valence-corrected chi connectivity index (χ1v) is 19.2. The zero-order valence-electron chi connectivity index (χ0n) is 29.9. The van der Waals surface area contributed by atoms with Crippen molar-refractivity contribution in [3.05, 3.63) is 0 Å². The van der Waals surface area contributed by atoms with Crippen LogP contribution in [-0.2, 0) is 19.1 Å². The fourth-order valence-electron chi connectivity index (χ4n) is 5.88. The fraction of sp³-hybridized carbons (Fsp3) is 0.947. The Morgan fingerprint density at radius 1 is 0.523 bits per heavy atom. The minimum atomic E-state index is -0.0573. The van der Waals surface area contributed by atoms with Crippen molar-refractivity contribution in [3.8, 4) is 0 Å². The molecule has 2 unspecified atom stereocenters. The van der Waals surface area contributed by atoms with Crippen LogP contribution in [0, 0.1) is 0 Å². The first-order valence-electron chi connectivity index (χ1n) is 19.2. The van der Waals surface area contributed by atoms with E-state index in [4.69, 9.17) is 9.47 Å². The number of aliphatic hydroxyl groups is 1. The molecule has 0 aliphatic heterocycles. The molecule has 0 amide bonds. The highest BCUT2D eigenvalue weighted by molar-refractivity contribution is 5.69. The van der Waals surface area contributed by atoms with Crippen LogP contribution in [0.3, 0.4) is 0 Å². The number of hydrogen-bond donors (Lipinski definition) is 1. The molecule has 1 N–H and O–H groups in total. The molecule has 0 aromatic carbocycles. The second-order valence-electron chi connectivity index (χ2n) is 13.2. The maximum absolute atomic E-state index is 12.5. The van der Waals surface area contributed by atoms with Crippen molar-refractivity contribution in [1.29, 1.82) is 0 Å². The monoisotopic (exact) mass is 626 g/mol. The lowest BCUT2D eigenvalue weighted by molar-refractivity contribution is -0.150. The van der Waals surface area contributed by atoms with Gasteiger partial charge in [-0.15, -0.1) is 0 Å². The molecule has 0 radical (unpaired) electrons. The molecule has 0 aliphatic rings. The van der Waals surface area contributed by atoms with Crippen molar-refractivity contribution in [2.24, 2.45) is 0 Å². The van der Waals surface area contributed by atoms with E-state index in [2.05, 4.69) is 25.7 Å². The number of aliphatic hydroxyl groups excluding tert-OH is 1. The largest absolute Gasteiger partial charge is 0.463 e. The van der Waals surface area contributed by atoms with Crippen LogP contribution in [-0.4, -0.2) is 60.4 Å². The van der Waals surface area contributed by atoms with Gasteiger partial charge in [0, 0.05) is 19.4 Å². The molecule has 0 rings (SSSR count).